The second-order valence-electron chi connectivity index (χ2n) is 5.25. The number of aliphatic imine (C=N–C) groups is 1. The Labute approximate surface area is 121 Å². The lowest BCUT2D eigenvalue weighted by Gasteiger charge is -2.27. The first-order valence-electron chi connectivity index (χ1n) is 6.99. The summed E-state index contributed by atoms with van der Waals surface area (Å²) in [6, 6.07) is 8.80. The minimum absolute atomic E-state index is 0.218. The van der Waals surface area contributed by atoms with E-state index >= 15 is 0 Å². The van der Waals surface area contributed by atoms with Crippen LogP contribution in [-0.2, 0) is 0 Å². The van der Waals surface area contributed by atoms with Crippen LogP contribution in [0.15, 0.2) is 41.5 Å². The van der Waals surface area contributed by atoms with Gasteiger partial charge in [0.1, 0.15) is 18.3 Å². The molecular weight excluding hydrogens is 250 g/mol. The van der Waals surface area contributed by atoms with Crippen molar-refractivity contribution in [3.05, 3.63) is 42.1 Å². The van der Waals surface area contributed by atoms with Crippen LogP contribution in [0.25, 0.3) is 0 Å². The van der Waals surface area contributed by atoms with Crippen molar-refractivity contribution in [1.29, 1.82) is 0 Å². The number of benzene rings is 1. The van der Waals surface area contributed by atoms with E-state index in [0.29, 0.717) is 12.7 Å². The fourth-order valence-electron chi connectivity index (χ4n) is 2.05. The predicted octanol–water partition coefficient (Wildman–Crippen LogP) is 2.94. The van der Waals surface area contributed by atoms with Gasteiger partial charge in [-0.15, -0.1) is 0 Å². The average Bonchev–Trinajstić information content (AvgIpc) is 2.48. The molecule has 0 radical (unpaired) electrons. The summed E-state index contributed by atoms with van der Waals surface area (Å²) in [6.07, 6.45) is 4.13. The molecule has 2 rings (SSSR count). The largest absolute Gasteiger partial charge is 0.497 e. The molecule has 0 spiro atoms. The summed E-state index contributed by atoms with van der Waals surface area (Å²) in [4.78, 5) is 6.75. The molecule has 0 saturated heterocycles. The number of rotatable bonds is 4. The van der Waals surface area contributed by atoms with Gasteiger partial charge in [-0.3, -0.25) is 0 Å². The third kappa shape index (κ3) is 3.53. The van der Waals surface area contributed by atoms with Gasteiger partial charge in [-0.25, -0.2) is 4.99 Å². The molecule has 1 atom stereocenters. The monoisotopic (exact) mass is 273 g/mol. The van der Waals surface area contributed by atoms with Crippen LogP contribution in [0.1, 0.15) is 32.4 Å². The van der Waals surface area contributed by atoms with Gasteiger partial charge in [0.05, 0.1) is 7.11 Å². The number of ether oxygens (including phenoxy) is 1. The van der Waals surface area contributed by atoms with E-state index in [9.17, 15) is 0 Å². The molecule has 0 aliphatic carbocycles. The van der Waals surface area contributed by atoms with Gasteiger partial charge >= 0.3 is 0 Å². The molecule has 1 aromatic rings. The first-order chi connectivity index (χ1) is 9.60. The Morgan fingerprint density at radius 2 is 1.90 bits per heavy atom. The van der Waals surface area contributed by atoms with Crippen LogP contribution in [0.2, 0.25) is 0 Å². The predicted molar refractivity (Wildman–Crippen MR) is 83.0 cm³/mol. The van der Waals surface area contributed by atoms with Crippen molar-refractivity contribution >= 4 is 5.84 Å². The molecule has 1 aromatic carbocycles. The lowest BCUT2D eigenvalue weighted by atomic mass is 10.1. The van der Waals surface area contributed by atoms with Gasteiger partial charge in [-0.1, -0.05) is 12.1 Å². The van der Waals surface area contributed by atoms with Crippen LogP contribution in [0.3, 0.4) is 0 Å². The number of hydrogen-bond acceptors (Lipinski definition) is 4. The Balaban J connectivity index is 1.95. The first kappa shape index (κ1) is 14.4. The zero-order chi connectivity index (χ0) is 14.5. The maximum Gasteiger partial charge on any atom is 0.124 e. The number of amidine groups is 1. The molecule has 0 bridgehead atoms. The normalized spacial score (nSPS) is 16.1. The summed E-state index contributed by atoms with van der Waals surface area (Å²) in [5.74, 6) is 1.81. The molecule has 0 fully saturated rings. The number of methoxy groups -OCH3 is 1. The summed E-state index contributed by atoms with van der Waals surface area (Å²) in [6.45, 7) is 7.18. The number of nitrogens with one attached hydrogen (secondary N) is 1. The van der Waals surface area contributed by atoms with Crippen molar-refractivity contribution in [3.63, 3.8) is 0 Å². The maximum atomic E-state index is 5.17. The van der Waals surface area contributed by atoms with Gasteiger partial charge in [-0.05, 0) is 44.5 Å². The minimum Gasteiger partial charge on any atom is -0.497 e. The van der Waals surface area contributed by atoms with Crippen LogP contribution >= 0.6 is 0 Å². The highest BCUT2D eigenvalue weighted by molar-refractivity contribution is 5.93. The Hall–Kier alpha value is -1.97. The molecule has 1 aliphatic heterocycles. The lowest BCUT2D eigenvalue weighted by Crippen LogP contribution is -2.33. The molecule has 4 nitrogen and oxygen atoms in total. The van der Waals surface area contributed by atoms with Gasteiger partial charge in [0.25, 0.3) is 0 Å². The summed E-state index contributed by atoms with van der Waals surface area (Å²) in [7, 11) is 1.68. The highest BCUT2D eigenvalue weighted by Crippen LogP contribution is 2.17. The molecule has 1 N–H and O–H groups in total. The summed E-state index contributed by atoms with van der Waals surface area (Å²) >= 11 is 0. The van der Waals surface area contributed by atoms with Gasteiger partial charge in [0.2, 0.25) is 0 Å². The SMILES string of the molecule is COc1ccc(C(C)NC2=NCN(C(C)C)C=C2)cc1. The molecule has 1 heterocycles. The molecule has 20 heavy (non-hydrogen) atoms. The van der Waals surface area contributed by atoms with E-state index < -0.39 is 0 Å². The maximum absolute atomic E-state index is 5.17. The Kier molecular flexibility index (Phi) is 4.66. The van der Waals surface area contributed by atoms with Gasteiger partial charge in [0.15, 0.2) is 0 Å². The van der Waals surface area contributed by atoms with Crippen LogP contribution < -0.4 is 10.1 Å². The summed E-state index contributed by atoms with van der Waals surface area (Å²) < 4.78 is 5.17. The van der Waals surface area contributed by atoms with Crippen molar-refractivity contribution in [2.45, 2.75) is 32.9 Å². The van der Waals surface area contributed by atoms with Crippen molar-refractivity contribution < 1.29 is 4.74 Å². The smallest absolute Gasteiger partial charge is 0.124 e. The van der Waals surface area contributed by atoms with Crippen LogP contribution in [0.5, 0.6) is 5.75 Å². The number of hydrogen-bond donors (Lipinski definition) is 1. The van der Waals surface area contributed by atoms with Crippen LogP contribution in [0.4, 0.5) is 0 Å². The Bertz CT molecular complexity index is 491. The molecule has 0 amide bonds. The first-order valence-corrected chi connectivity index (χ1v) is 6.99. The molecule has 108 valence electrons. The van der Waals surface area contributed by atoms with E-state index in [1.54, 1.807) is 7.11 Å². The molecule has 1 aliphatic rings. The van der Waals surface area contributed by atoms with Gasteiger partial charge in [0, 0.05) is 18.3 Å². The third-order valence-corrected chi connectivity index (χ3v) is 3.47. The van der Waals surface area contributed by atoms with E-state index in [0.717, 1.165) is 11.6 Å². The Morgan fingerprint density at radius 1 is 1.20 bits per heavy atom. The van der Waals surface area contributed by atoms with Gasteiger partial charge in [-0.2, -0.15) is 0 Å². The van der Waals surface area contributed by atoms with E-state index in [2.05, 4.69) is 54.3 Å². The minimum atomic E-state index is 0.218. The van der Waals surface area contributed by atoms with Gasteiger partial charge < -0.3 is 15.0 Å². The molecular formula is C16H23N3O. The second kappa shape index (κ2) is 6.46. The van der Waals surface area contributed by atoms with E-state index in [-0.39, 0.29) is 6.04 Å². The third-order valence-electron chi connectivity index (χ3n) is 3.47. The van der Waals surface area contributed by atoms with Crippen molar-refractivity contribution in [2.75, 3.05) is 13.8 Å². The Morgan fingerprint density at radius 3 is 2.40 bits per heavy atom. The van der Waals surface area contributed by atoms with Crippen molar-refractivity contribution in [2.24, 2.45) is 4.99 Å². The quantitative estimate of drug-likeness (QED) is 0.916. The second-order valence-corrected chi connectivity index (χ2v) is 5.25. The topological polar surface area (TPSA) is 36.9 Å². The lowest BCUT2D eigenvalue weighted by molar-refractivity contribution is 0.317. The highest BCUT2D eigenvalue weighted by Gasteiger charge is 2.11. The van der Waals surface area contributed by atoms with Crippen LogP contribution in [-0.4, -0.2) is 30.6 Å². The highest BCUT2D eigenvalue weighted by atomic mass is 16.5. The fourth-order valence-corrected chi connectivity index (χ4v) is 2.05. The molecule has 4 heteroatoms. The zero-order valence-electron chi connectivity index (χ0n) is 12.6. The summed E-state index contributed by atoms with van der Waals surface area (Å²) in [5.41, 5.74) is 1.22. The van der Waals surface area contributed by atoms with Crippen LogP contribution in [0, 0.1) is 0 Å². The van der Waals surface area contributed by atoms with Crippen molar-refractivity contribution in [1.82, 2.24) is 10.2 Å². The molecule has 0 aromatic heterocycles. The molecule has 0 saturated carbocycles. The van der Waals surface area contributed by atoms with E-state index in [1.165, 1.54) is 5.56 Å². The van der Waals surface area contributed by atoms with E-state index in [4.69, 9.17) is 4.74 Å². The number of nitrogens with zero attached hydrogens (tertiary/aromatic N) is 2. The standard InChI is InChI=1S/C16H23N3O/c1-12(2)19-10-9-16(17-11-19)18-13(3)14-5-7-15(20-4)8-6-14/h5-10,12-13H,11H2,1-4H3,(H,17,18). The fraction of sp³-hybridized carbons (Fsp3) is 0.438. The average molecular weight is 273 g/mol. The molecule has 1 unspecified atom stereocenters. The summed E-state index contributed by atoms with van der Waals surface area (Å²) in [5, 5.41) is 3.43. The van der Waals surface area contributed by atoms with Crippen molar-refractivity contribution in [3.8, 4) is 5.75 Å². The zero-order valence-corrected chi connectivity index (χ0v) is 12.6. The van der Waals surface area contributed by atoms with E-state index in [1.807, 2.05) is 18.2 Å².